The van der Waals surface area contributed by atoms with E-state index < -0.39 is 12.0 Å². The van der Waals surface area contributed by atoms with Crippen molar-refractivity contribution in [3.63, 3.8) is 0 Å². The van der Waals surface area contributed by atoms with Crippen molar-refractivity contribution in [1.29, 1.82) is 0 Å². The minimum Gasteiger partial charge on any atom is -0.481 e. The van der Waals surface area contributed by atoms with Gasteiger partial charge in [-0.05, 0) is 20.3 Å². The zero-order valence-corrected chi connectivity index (χ0v) is 12.0. The highest BCUT2D eigenvalue weighted by molar-refractivity contribution is 5.75. The number of carbonyl (C=O) groups excluding carboxylic acids is 1. The molecule has 0 spiro atoms. The third kappa shape index (κ3) is 5.29. The number of oxazole rings is 1. The summed E-state index contributed by atoms with van der Waals surface area (Å²) >= 11 is 0. The molecule has 7 heteroatoms. The van der Waals surface area contributed by atoms with E-state index in [1.165, 1.54) is 0 Å². The van der Waals surface area contributed by atoms with E-state index in [4.69, 9.17) is 9.52 Å². The summed E-state index contributed by atoms with van der Waals surface area (Å²) in [5.74, 6) is 0.222. The van der Waals surface area contributed by atoms with Gasteiger partial charge < -0.3 is 20.2 Å². The fourth-order valence-corrected chi connectivity index (χ4v) is 1.79. The van der Waals surface area contributed by atoms with E-state index in [-0.39, 0.29) is 19.0 Å². The molecule has 3 N–H and O–H groups in total. The van der Waals surface area contributed by atoms with Crippen molar-refractivity contribution < 1.29 is 19.1 Å². The number of aliphatic carboxylic acids is 1. The van der Waals surface area contributed by atoms with Gasteiger partial charge in [0, 0.05) is 6.04 Å². The molecule has 0 aliphatic rings. The zero-order chi connectivity index (χ0) is 15.1. The lowest BCUT2D eigenvalue weighted by atomic mass is 10.1. The molecule has 0 aliphatic heterocycles. The van der Waals surface area contributed by atoms with E-state index in [2.05, 4.69) is 15.6 Å². The molecular formula is C13H21N3O4. The average molecular weight is 283 g/mol. The van der Waals surface area contributed by atoms with Crippen LogP contribution < -0.4 is 10.6 Å². The van der Waals surface area contributed by atoms with Crippen molar-refractivity contribution in [2.75, 3.05) is 0 Å². The first kappa shape index (κ1) is 16.0. The summed E-state index contributed by atoms with van der Waals surface area (Å²) in [5.41, 5.74) is 0.789. The number of amides is 2. The summed E-state index contributed by atoms with van der Waals surface area (Å²) in [6, 6.07) is -0.788. The van der Waals surface area contributed by atoms with Crippen LogP contribution in [0.5, 0.6) is 0 Å². The standard InChI is InChI=1S/C13H21N3O4/c1-4-5-10(6-12(17)18)16-13(19)14-7-11-15-8(2)9(3)20-11/h10H,4-7H2,1-3H3,(H,17,18)(H2,14,16,19). The van der Waals surface area contributed by atoms with Gasteiger partial charge in [0.2, 0.25) is 5.89 Å². The predicted molar refractivity (Wildman–Crippen MR) is 72.3 cm³/mol. The molecule has 0 aromatic carbocycles. The number of nitrogens with zero attached hydrogens (tertiary/aromatic N) is 1. The molecule has 0 aliphatic carbocycles. The predicted octanol–water partition coefficient (Wildman–Crippen LogP) is 1.73. The van der Waals surface area contributed by atoms with E-state index in [9.17, 15) is 9.59 Å². The van der Waals surface area contributed by atoms with Gasteiger partial charge in [0.05, 0.1) is 18.7 Å². The minimum atomic E-state index is -0.928. The van der Waals surface area contributed by atoms with Gasteiger partial charge in [-0.25, -0.2) is 9.78 Å². The largest absolute Gasteiger partial charge is 0.481 e. The summed E-state index contributed by atoms with van der Waals surface area (Å²) < 4.78 is 5.33. The highest BCUT2D eigenvalue weighted by Crippen LogP contribution is 2.07. The molecule has 1 aromatic rings. The maximum Gasteiger partial charge on any atom is 0.315 e. The van der Waals surface area contributed by atoms with Crippen LogP contribution in [0.15, 0.2) is 4.42 Å². The van der Waals surface area contributed by atoms with Crippen LogP contribution in [0.25, 0.3) is 0 Å². The summed E-state index contributed by atoms with van der Waals surface area (Å²) in [6.45, 7) is 5.74. The SMILES string of the molecule is CCCC(CC(=O)O)NC(=O)NCc1nc(C)c(C)o1. The Hall–Kier alpha value is -2.05. The first-order chi connectivity index (χ1) is 9.42. The van der Waals surface area contributed by atoms with Gasteiger partial charge in [-0.3, -0.25) is 4.79 Å². The lowest BCUT2D eigenvalue weighted by molar-refractivity contribution is -0.137. The number of hydrogen-bond acceptors (Lipinski definition) is 4. The maximum absolute atomic E-state index is 11.7. The van der Waals surface area contributed by atoms with Gasteiger partial charge in [0.15, 0.2) is 0 Å². The molecule has 0 saturated carbocycles. The van der Waals surface area contributed by atoms with E-state index in [1.54, 1.807) is 6.92 Å². The highest BCUT2D eigenvalue weighted by Gasteiger charge is 2.15. The Morgan fingerprint density at radius 3 is 2.60 bits per heavy atom. The number of nitrogens with one attached hydrogen (secondary N) is 2. The van der Waals surface area contributed by atoms with Crippen LogP contribution in [0, 0.1) is 13.8 Å². The van der Waals surface area contributed by atoms with Gasteiger partial charge in [0.25, 0.3) is 0 Å². The molecule has 7 nitrogen and oxygen atoms in total. The van der Waals surface area contributed by atoms with Crippen molar-refractivity contribution in [3.05, 3.63) is 17.3 Å². The molecule has 2 amide bonds. The third-order valence-corrected chi connectivity index (χ3v) is 2.87. The molecule has 1 atom stereocenters. The third-order valence-electron chi connectivity index (χ3n) is 2.87. The number of rotatable bonds is 7. The molecule has 0 bridgehead atoms. The first-order valence-electron chi connectivity index (χ1n) is 6.61. The molecular weight excluding hydrogens is 262 g/mol. The van der Waals surface area contributed by atoms with Gasteiger partial charge >= 0.3 is 12.0 Å². The van der Waals surface area contributed by atoms with Crippen molar-refractivity contribution in [2.45, 2.75) is 52.6 Å². The molecule has 1 heterocycles. The van der Waals surface area contributed by atoms with Gasteiger partial charge in [0.1, 0.15) is 5.76 Å². The molecule has 1 rings (SSSR count). The fourth-order valence-electron chi connectivity index (χ4n) is 1.79. The van der Waals surface area contributed by atoms with Crippen LogP contribution in [-0.2, 0) is 11.3 Å². The summed E-state index contributed by atoms with van der Waals surface area (Å²) in [4.78, 5) is 26.5. The molecule has 20 heavy (non-hydrogen) atoms. The molecule has 0 radical (unpaired) electrons. The van der Waals surface area contributed by atoms with E-state index >= 15 is 0 Å². The van der Waals surface area contributed by atoms with Crippen molar-refractivity contribution in [2.24, 2.45) is 0 Å². The Morgan fingerprint density at radius 2 is 2.10 bits per heavy atom. The summed E-state index contributed by atoms with van der Waals surface area (Å²) in [7, 11) is 0. The Labute approximate surface area is 117 Å². The Kier molecular flexibility index (Phi) is 6.02. The monoisotopic (exact) mass is 283 g/mol. The van der Waals surface area contributed by atoms with E-state index in [0.29, 0.717) is 12.3 Å². The van der Waals surface area contributed by atoms with Crippen LogP contribution in [0.1, 0.15) is 43.5 Å². The molecule has 1 unspecified atom stereocenters. The maximum atomic E-state index is 11.7. The Morgan fingerprint density at radius 1 is 1.40 bits per heavy atom. The number of aryl methyl sites for hydroxylation is 2. The van der Waals surface area contributed by atoms with Gasteiger partial charge in [-0.2, -0.15) is 0 Å². The Bertz CT molecular complexity index is 451. The second kappa shape index (κ2) is 7.52. The van der Waals surface area contributed by atoms with E-state index in [1.807, 2.05) is 13.8 Å². The van der Waals surface area contributed by atoms with E-state index in [0.717, 1.165) is 17.9 Å². The van der Waals surface area contributed by atoms with Gasteiger partial charge in [-0.1, -0.05) is 13.3 Å². The van der Waals surface area contributed by atoms with Crippen LogP contribution in [-0.4, -0.2) is 28.1 Å². The highest BCUT2D eigenvalue weighted by atomic mass is 16.4. The smallest absolute Gasteiger partial charge is 0.315 e. The molecule has 0 saturated heterocycles. The molecule has 0 fully saturated rings. The first-order valence-corrected chi connectivity index (χ1v) is 6.61. The molecule has 112 valence electrons. The van der Waals surface area contributed by atoms with Gasteiger partial charge in [-0.15, -0.1) is 0 Å². The quantitative estimate of drug-likeness (QED) is 0.707. The number of hydrogen-bond donors (Lipinski definition) is 3. The second-order valence-electron chi connectivity index (χ2n) is 4.66. The number of urea groups is 1. The summed E-state index contributed by atoms with van der Waals surface area (Å²) in [6.07, 6.45) is 1.34. The summed E-state index contributed by atoms with van der Waals surface area (Å²) in [5, 5.41) is 14.0. The van der Waals surface area contributed by atoms with Crippen molar-refractivity contribution in [3.8, 4) is 0 Å². The number of carboxylic acids is 1. The lowest BCUT2D eigenvalue weighted by Gasteiger charge is -2.16. The number of aromatic nitrogens is 1. The number of carboxylic acid groups (broad SMARTS) is 1. The number of carbonyl (C=O) groups is 2. The fraction of sp³-hybridized carbons (Fsp3) is 0.615. The molecule has 1 aromatic heterocycles. The zero-order valence-electron chi connectivity index (χ0n) is 12.0. The van der Waals surface area contributed by atoms with Crippen LogP contribution >= 0.6 is 0 Å². The van der Waals surface area contributed by atoms with Crippen LogP contribution in [0.4, 0.5) is 4.79 Å². The van der Waals surface area contributed by atoms with Crippen LogP contribution in [0.3, 0.4) is 0 Å². The van der Waals surface area contributed by atoms with Crippen LogP contribution in [0.2, 0.25) is 0 Å². The second-order valence-corrected chi connectivity index (χ2v) is 4.66. The lowest BCUT2D eigenvalue weighted by Crippen LogP contribution is -2.42. The Balaban J connectivity index is 2.42. The normalized spacial score (nSPS) is 11.9. The average Bonchev–Trinajstić information content (AvgIpc) is 2.66. The minimum absolute atomic E-state index is 0.0848. The van der Waals surface area contributed by atoms with Crippen molar-refractivity contribution >= 4 is 12.0 Å². The van der Waals surface area contributed by atoms with Crippen molar-refractivity contribution in [1.82, 2.24) is 15.6 Å². The topological polar surface area (TPSA) is 104 Å².